The van der Waals surface area contributed by atoms with E-state index in [-0.39, 0.29) is 42.1 Å². The summed E-state index contributed by atoms with van der Waals surface area (Å²) in [6.07, 6.45) is 1.11. The van der Waals surface area contributed by atoms with Gasteiger partial charge in [0.2, 0.25) is 5.91 Å². The number of hydrogen-bond acceptors (Lipinski definition) is 4. The zero-order valence-electron chi connectivity index (χ0n) is 7.57. The van der Waals surface area contributed by atoms with Gasteiger partial charge in [0.05, 0.1) is 12.1 Å². The summed E-state index contributed by atoms with van der Waals surface area (Å²) in [5, 5.41) is 2.51. The molecule has 5 nitrogen and oxygen atoms in total. The Hall–Kier alpha value is 0.120. The van der Waals surface area contributed by atoms with Crippen LogP contribution in [-0.2, 0) is 20.0 Å². The second kappa shape index (κ2) is 7.42. The van der Waals surface area contributed by atoms with Crippen LogP contribution in [0.15, 0.2) is 12.7 Å². The molecule has 0 rings (SSSR count). The third-order valence-corrected chi connectivity index (χ3v) is 1.52. The predicted molar refractivity (Wildman–Crippen MR) is 55.8 cm³/mol. The zero-order chi connectivity index (χ0) is 10.5. The van der Waals surface area contributed by atoms with E-state index in [9.17, 15) is 13.2 Å². The van der Waals surface area contributed by atoms with Crippen LogP contribution in [0.4, 0.5) is 0 Å². The molecular formula is C7H14NNaO4S. The molecule has 0 heterocycles. The van der Waals surface area contributed by atoms with Crippen LogP contribution >= 0.6 is 0 Å². The van der Waals surface area contributed by atoms with Crippen molar-refractivity contribution in [3.8, 4) is 0 Å². The van der Waals surface area contributed by atoms with Gasteiger partial charge in [0, 0.05) is 0 Å². The average Bonchev–Trinajstić information content (AvgIpc) is 2.00. The maximum absolute atomic E-state index is 10.8. The molecule has 0 saturated carbocycles. The van der Waals surface area contributed by atoms with Gasteiger partial charge in [-0.1, -0.05) is 6.58 Å². The number of carbonyl (C=O) groups excluding carboxylic acids is 1. The first-order valence-corrected chi connectivity index (χ1v) is 4.69. The topological polar surface area (TPSA) is 72.5 Å². The van der Waals surface area contributed by atoms with Crippen LogP contribution < -0.4 is 5.32 Å². The molecule has 0 unspecified atom stereocenters. The van der Waals surface area contributed by atoms with Crippen molar-refractivity contribution < 1.29 is 17.4 Å². The fraction of sp³-hybridized carbons (Fsp3) is 0.571. The van der Waals surface area contributed by atoms with Gasteiger partial charge < -0.3 is 5.32 Å². The van der Waals surface area contributed by atoms with Gasteiger partial charge in [0.15, 0.2) is 0 Å². The molecule has 7 heteroatoms. The molecule has 0 aromatic carbocycles. The number of rotatable bonds is 5. The van der Waals surface area contributed by atoms with E-state index >= 15 is 0 Å². The van der Waals surface area contributed by atoms with Crippen molar-refractivity contribution in [1.29, 1.82) is 0 Å². The summed E-state index contributed by atoms with van der Waals surface area (Å²) in [7, 11) is -2.87. The van der Waals surface area contributed by atoms with Crippen LogP contribution in [-0.4, -0.2) is 56.0 Å². The van der Waals surface area contributed by atoms with Crippen LogP contribution in [0.3, 0.4) is 0 Å². The van der Waals surface area contributed by atoms with E-state index in [1.54, 1.807) is 13.8 Å². The molecular weight excluding hydrogens is 217 g/mol. The predicted octanol–water partition coefficient (Wildman–Crippen LogP) is -1.04. The summed E-state index contributed by atoms with van der Waals surface area (Å²) in [4.78, 5) is 10.8. The molecule has 0 fully saturated rings. The van der Waals surface area contributed by atoms with E-state index in [4.69, 9.17) is 0 Å². The SMILES string of the molecule is C=CC(=O)NC(C)(C)CO[SH](=O)=O.[NaH]. The average molecular weight is 231 g/mol. The van der Waals surface area contributed by atoms with Crippen molar-refractivity contribution in [3.63, 3.8) is 0 Å². The van der Waals surface area contributed by atoms with Crippen molar-refractivity contribution in [1.82, 2.24) is 5.32 Å². The molecule has 0 radical (unpaired) electrons. The molecule has 0 aliphatic heterocycles. The van der Waals surface area contributed by atoms with Crippen molar-refractivity contribution in [2.24, 2.45) is 0 Å². The third kappa shape index (κ3) is 8.71. The summed E-state index contributed by atoms with van der Waals surface area (Å²) >= 11 is 0. The van der Waals surface area contributed by atoms with Crippen molar-refractivity contribution in [2.45, 2.75) is 19.4 Å². The number of thiol groups is 1. The van der Waals surface area contributed by atoms with Crippen molar-refractivity contribution in [2.75, 3.05) is 6.61 Å². The van der Waals surface area contributed by atoms with E-state index in [1.165, 1.54) is 0 Å². The van der Waals surface area contributed by atoms with Gasteiger partial charge in [-0.3, -0.25) is 8.98 Å². The van der Waals surface area contributed by atoms with Gasteiger partial charge in [-0.15, -0.1) is 0 Å². The Morgan fingerprint density at radius 2 is 2.07 bits per heavy atom. The van der Waals surface area contributed by atoms with Crippen LogP contribution in [0.1, 0.15) is 13.8 Å². The fourth-order valence-electron chi connectivity index (χ4n) is 0.635. The molecule has 0 atom stereocenters. The van der Waals surface area contributed by atoms with Crippen molar-refractivity contribution in [3.05, 3.63) is 12.7 Å². The first-order valence-electron chi connectivity index (χ1n) is 3.59. The first kappa shape index (κ1) is 16.5. The van der Waals surface area contributed by atoms with E-state index in [2.05, 4.69) is 16.1 Å². The maximum atomic E-state index is 10.8. The molecule has 78 valence electrons. The molecule has 0 aromatic rings. The Balaban J connectivity index is 0. The Kier molecular flexibility index (Phi) is 8.77. The second-order valence-corrected chi connectivity index (χ2v) is 3.78. The minimum atomic E-state index is -2.87. The zero-order valence-corrected chi connectivity index (χ0v) is 8.47. The Morgan fingerprint density at radius 3 is 2.43 bits per heavy atom. The Morgan fingerprint density at radius 1 is 1.57 bits per heavy atom. The normalized spacial score (nSPS) is 10.5. The van der Waals surface area contributed by atoms with E-state index in [0.717, 1.165) is 6.08 Å². The molecule has 1 amide bonds. The van der Waals surface area contributed by atoms with Crippen LogP contribution in [0.25, 0.3) is 0 Å². The molecule has 0 spiro atoms. The summed E-state index contributed by atoms with van der Waals surface area (Å²) in [6, 6.07) is 0. The summed E-state index contributed by atoms with van der Waals surface area (Å²) in [5.74, 6) is -0.366. The number of nitrogens with one attached hydrogen (secondary N) is 1. The molecule has 0 aliphatic carbocycles. The summed E-state index contributed by atoms with van der Waals surface area (Å²) in [6.45, 7) is 6.47. The van der Waals surface area contributed by atoms with E-state index < -0.39 is 16.5 Å². The Labute approximate surface area is 107 Å². The van der Waals surface area contributed by atoms with Gasteiger partial charge in [-0.2, -0.15) is 0 Å². The van der Waals surface area contributed by atoms with Crippen LogP contribution in [0.2, 0.25) is 0 Å². The summed E-state index contributed by atoms with van der Waals surface area (Å²) in [5.41, 5.74) is -0.722. The molecule has 0 aliphatic rings. The molecule has 0 aromatic heterocycles. The Bertz CT molecular complexity index is 267. The van der Waals surface area contributed by atoms with E-state index in [0.29, 0.717) is 0 Å². The number of carbonyl (C=O) groups is 1. The first-order chi connectivity index (χ1) is 5.87. The van der Waals surface area contributed by atoms with Crippen LogP contribution in [0.5, 0.6) is 0 Å². The quantitative estimate of drug-likeness (QED) is 0.360. The molecule has 1 N–H and O–H groups in total. The van der Waals surface area contributed by atoms with Gasteiger partial charge in [-0.25, -0.2) is 8.42 Å². The number of amides is 1. The monoisotopic (exact) mass is 231 g/mol. The molecule has 14 heavy (non-hydrogen) atoms. The second-order valence-electron chi connectivity index (χ2n) is 3.07. The van der Waals surface area contributed by atoms with E-state index in [1.807, 2.05) is 0 Å². The van der Waals surface area contributed by atoms with Crippen LogP contribution in [0, 0.1) is 0 Å². The van der Waals surface area contributed by atoms with Gasteiger partial charge in [0.25, 0.3) is 11.0 Å². The molecule has 0 bridgehead atoms. The summed E-state index contributed by atoms with van der Waals surface area (Å²) < 4.78 is 24.5. The fourth-order valence-corrected chi connectivity index (χ4v) is 1.06. The van der Waals surface area contributed by atoms with Gasteiger partial charge >= 0.3 is 29.6 Å². The molecule has 0 saturated heterocycles. The number of hydrogen-bond donors (Lipinski definition) is 2. The third-order valence-electron chi connectivity index (χ3n) is 1.18. The van der Waals surface area contributed by atoms with Crippen molar-refractivity contribution >= 4 is 46.4 Å². The van der Waals surface area contributed by atoms with Gasteiger partial charge in [-0.05, 0) is 19.9 Å². The van der Waals surface area contributed by atoms with Gasteiger partial charge in [0.1, 0.15) is 0 Å². The standard InChI is InChI=1S/C7H13NO4S.Na.H/c1-4-6(9)8-7(2,3)5-12-13(10)11;;/h4,13H,1,5H2,2-3H3,(H,8,9);;. The minimum absolute atomic E-state index is 0.